The lowest BCUT2D eigenvalue weighted by molar-refractivity contribution is 0.0895. The van der Waals surface area contributed by atoms with Crippen molar-refractivity contribution in [3.8, 4) is 0 Å². The van der Waals surface area contributed by atoms with Gasteiger partial charge in [0.1, 0.15) is 0 Å². The lowest BCUT2D eigenvalue weighted by atomic mass is 9.90. The fraction of sp³-hybridized carbons (Fsp3) is 0.292. The summed E-state index contributed by atoms with van der Waals surface area (Å²) in [6.45, 7) is 2.59. The minimum atomic E-state index is 0.234. The van der Waals surface area contributed by atoms with Crippen LogP contribution in [0.1, 0.15) is 28.8 Å². The summed E-state index contributed by atoms with van der Waals surface area (Å²) >= 11 is 0. The van der Waals surface area contributed by atoms with Gasteiger partial charge in [0.15, 0.2) is 5.78 Å². The minimum absolute atomic E-state index is 0.234. The van der Waals surface area contributed by atoms with E-state index in [2.05, 4.69) is 53.4 Å². The summed E-state index contributed by atoms with van der Waals surface area (Å²) in [6, 6.07) is 25.0. The molecule has 1 aliphatic heterocycles. The quantitative estimate of drug-likeness (QED) is 0.609. The second kappa shape index (κ2) is 7.84. The summed E-state index contributed by atoms with van der Waals surface area (Å²) in [5.41, 5.74) is 2.26. The number of hydrogen-bond donors (Lipinski definition) is 0. The third-order valence-electron chi connectivity index (χ3n) is 5.51. The number of Topliss-reactive ketones (excluding diaryl/α,β-unsaturated/α-hetero) is 1. The van der Waals surface area contributed by atoms with E-state index in [1.54, 1.807) is 0 Å². The van der Waals surface area contributed by atoms with Crippen molar-refractivity contribution in [1.82, 2.24) is 4.90 Å². The molecular formula is C24H25NO. The van der Waals surface area contributed by atoms with E-state index in [-0.39, 0.29) is 5.78 Å². The smallest absolute Gasteiger partial charge is 0.176 e. The molecule has 0 radical (unpaired) electrons. The molecule has 2 heteroatoms. The number of carbonyl (C=O) groups excluding carboxylic acids is 1. The number of piperidine rings is 1. The van der Waals surface area contributed by atoms with Crippen LogP contribution in [0.3, 0.4) is 0 Å². The van der Waals surface area contributed by atoms with Gasteiger partial charge >= 0.3 is 0 Å². The monoisotopic (exact) mass is 343 g/mol. The topological polar surface area (TPSA) is 20.3 Å². The van der Waals surface area contributed by atoms with E-state index in [4.69, 9.17) is 0 Å². The van der Waals surface area contributed by atoms with Crippen LogP contribution in [0.2, 0.25) is 0 Å². The van der Waals surface area contributed by atoms with Gasteiger partial charge in [-0.2, -0.15) is 0 Å². The van der Waals surface area contributed by atoms with Crippen LogP contribution in [0.15, 0.2) is 72.8 Å². The Balaban J connectivity index is 1.32. The van der Waals surface area contributed by atoms with E-state index in [1.165, 1.54) is 23.8 Å². The molecule has 0 atom stereocenters. The molecule has 0 amide bonds. The average molecular weight is 343 g/mol. The maximum Gasteiger partial charge on any atom is 0.176 e. The summed E-state index contributed by atoms with van der Waals surface area (Å²) in [7, 11) is 0. The van der Waals surface area contributed by atoms with Gasteiger partial charge in [0, 0.05) is 5.56 Å². The zero-order valence-electron chi connectivity index (χ0n) is 15.1. The van der Waals surface area contributed by atoms with E-state index in [9.17, 15) is 4.79 Å². The maximum absolute atomic E-state index is 12.7. The van der Waals surface area contributed by atoms with Crippen LogP contribution in [0, 0.1) is 5.92 Å². The van der Waals surface area contributed by atoms with Crippen molar-refractivity contribution >= 4 is 16.6 Å². The van der Waals surface area contributed by atoms with E-state index in [0.717, 1.165) is 36.4 Å². The first-order chi connectivity index (χ1) is 12.8. The molecule has 1 aliphatic rings. The Bertz CT molecular complexity index is 879. The van der Waals surface area contributed by atoms with E-state index < -0.39 is 0 Å². The molecule has 1 saturated heterocycles. The highest BCUT2D eigenvalue weighted by atomic mass is 16.1. The van der Waals surface area contributed by atoms with Crippen molar-refractivity contribution in [2.24, 2.45) is 5.92 Å². The maximum atomic E-state index is 12.7. The van der Waals surface area contributed by atoms with Gasteiger partial charge in [-0.05, 0) is 60.7 Å². The number of nitrogens with zero attached hydrogens (tertiary/aromatic N) is 1. The zero-order chi connectivity index (χ0) is 17.8. The highest BCUT2D eigenvalue weighted by Gasteiger charge is 2.21. The van der Waals surface area contributed by atoms with Gasteiger partial charge in [-0.15, -0.1) is 0 Å². The SMILES string of the molecule is O=C(CN1CCC(Cc2ccccc2)CC1)c1ccc2ccccc2c1. The average Bonchev–Trinajstić information content (AvgIpc) is 2.70. The van der Waals surface area contributed by atoms with Crippen LogP contribution in [0.4, 0.5) is 0 Å². The molecule has 3 aromatic rings. The lowest BCUT2D eigenvalue weighted by Crippen LogP contribution is -2.37. The Kier molecular flexibility index (Phi) is 5.12. The summed E-state index contributed by atoms with van der Waals surface area (Å²) in [5, 5.41) is 2.32. The molecule has 1 fully saturated rings. The number of rotatable bonds is 5. The number of hydrogen-bond acceptors (Lipinski definition) is 2. The van der Waals surface area contributed by atoms with E-state index in [0.29, 0.717) is 6.54 Å². The van der Waals surface area contributed by atoms with E-state index in [1.807, 2.05) is 24.3 Å². The molecule has 0 N–H and O–H groups in total. The van der Waals surface area contributed by atoms with Crippen LogP contribution in [-0.4, -0.2) is 30.3 Å². The molecule has 1 heterocycles. The first kappa shape index (κ1) is 17.0. The first-order valence-corrected chi connectivity index (χ1v) is 9.56. The molecule has 0 spiro atoms. The predicted octanol–water partition coefficient (Wildman–Crippen LogP) is 4.98. The van der Waals surface area contributed by atoms with Crippen molar-refractivity contribution in [1.29, 1.82) is 0 Å². The van der Waals surface area contributed by atoms with Gasteiger partial charge in [-0.1, -0.05) is 66.7 Å². The fourth-order valence-electron chi connectivity index (χ4n) is 3.95. The van der Waals surface area contributed by atoms with Crippen LogP contribution in [0.5, 0.6) is 0 Å². The molecular weight excluding hydrogens is 318 g/mol. The Hall–Kier alpha value is -2.45. The van der Waals surface area contributed by atoms with Gasteiger partial charge < -0.3 is 0 Å². The standard InChI is InChI=1S/C24H25NO/c26-24(23-11-10-21-8-4-5-9-22(21)17-23)18-25-14-12-20(13-15-25)16-19-6-2-1-3-7-19/h1-11,17,20H,12-16,18H2. The molecule has 0 saturated carbocycles. The first-order valence-electron chi connectivity index (χ1n) is 9.56. The molecule has 132 valence electrons. The Morgan fingerprint density at radius 3 is 2.31 bits per heavy atom. The Morgan fingerprint density at radius 1 is 0.846 bits per heavy atom. The third-order valence-corrected chi connectivity index (χ3v) is 5.51. The van der Waals surface area contributed by atoms with Crippen molar-refractivity contribution in [2.75, 3.05) is 19.6 Å². The van der Waals surface area contributed by atoms with Gasteiger partial charge in [-0.3, -0.25) is 9.69 Å². The molecule has 0 aromatic heterocycles. The molecule has 0 bridgehead atoms. The van der Waals surface area contributed by atoms with Crippen molar-refractivity contribution < 1.29 is 4.79 Å². The van der Waals surface area contributed by atoms with Crippen molar-refractivity contribution in [3.05, 3.63) is 83.9 Å². The lowest BCUT2D eigenvalue weighted by Gasteiger charge is -2.31. The molecule has 2 nitrogen and oxygen atoms in total. The van der Waals surface area contributed by atoms with Gasteiger partial charge in [0.05, 0.1) is 6.54 Å². The summed E-state index contributed by atoms with van der Waals surface area (Å²) < 4.78 is 0. The predicted molar refractivity (Wildman–Crippen MR) is 108 cm³/mol. The molecule has 3 aromatic carbocycles. The Morgan fingerprint density at radius 2 is 1.54 bits per heavy atom. The van der Waals surface area contributed by atoms with Crippen LogP contribution in [0.25, 0.3) is 10.8 Å². The van der Waals surface area contributed by atoms with Gasteiger partial charge in [0.25, 0.3) is 0 Å². The minimum Gasteiger partial charge on any atom is -0.296 e. The summed E-state index contributed by atoms with van der Waals surface area (Å²) in [6.07, 6.45) is 3.52. The second-order valence-electron chi connectivity index (χ2n) is 7.39. The number of benzene rings is 3. The highest BCUT2D eigenvalue weighted by Crippen LogP contribution is 2.22. The second-order valence-corrected chi connectivity index (χ2v) is 7.39. The number of carbonyl (C=O) groups is 1. The number of fused-ring (bicyclic) bond motifs is 1. The molecule has 26 heavy (non-hydrogen) atoms. The number of ketones is 1. The van der Waals surface area contributed by atoms with Crippen LogP contribution < -0.4 is 0 Å². The molecule has 0 unspecified atom stereocenters. The fourth-order valence-corrected chi connectivity index (χ4v) is 3.95. The Labute approximate surface area is 155 Å². The van der Waals surface area contributed by atoms with Crippen LogP contribution >= 0.6 is 0 Å². The van der Waals surface area contributed by atoms with Gasteiger partial charge in [0.2, 0.25) is 0 Å². The van der Waals surface area contributed by atoms with Crippen LogP contribution in [-0.2, 0) is 6.42 Å². The molecule has 4 rings (SSSR count). The third kappa shape index (κ3) is 4.03. The summed E-state index contributed by atoms with van der Waals surface area (Å²) in [5.74, 6) is 0.974. The van der Waals surface area contributed by atoms with Crippen molar-refractivity contribution in [2.45, 2.75) is 19.3 Å². The van der Waals surface area contributed by atoms with Gasteiger partial charge in [-0.25, -0.2) is 0 Å². The zero-order valence-corrected chi connectivity index (χ0v) is 15.1. The van der Waals surface area contributed by atoms with Crippen molar-refractivity contribution in [3.63, 3.8) is 0 Å². The normalized spacial score (nSPS) is 16.0. The number of likely N-dealkylation sites (tertiary alicyclic amines) is 1. The summed E-state index contributed by atoms with van der Waals surface area (Å²) in [4.78, 5) is 15.0. The largest absolute Gasteiger partial charge is 0.296 e. The molecule has 0 aliphatic carbocycles. The highest BCUT2D eigenvalue weighted by molar-refractivity contribution is 6.01. The van der Waals surface area contributed by atoms with E-state index >= 15 is 0 Å².